The molecule has 1 saturated heterocycles. The Kier molecular flexibility index (Phi) is 3.54. The number of thiazole rings is 1. The van der Waals surface area contributed by atoms with Crippen LogP contribution >= 0.6 is 22.9 Å². The minimum absolute atomic E-state index is 0.191. The predicted molar refractivity (Wildman–Crippen MR) is 82.9 cm³/mol. The lowest BCUT2D eigenvalue weighted by Gasteiger charge is -2.41. The van der Waals surface area contributed by atoms with Crippen molar-refractivity contribution in [3.8, 4) is 0 Å². The fraction of sp³-hybridized carbons (Fsp3) is 0.533. The van der Waals surface area contributed by atoms with Gasteiger partial charge in [-0.2, -0.15) is 0 Å². The molecule has 0 aliphatic carbocycles. The molecule has 2 nitrogen and oxygen atoms in total. The van der Waals surface area contributed by atoms with Gasteiger partial charge in [-0.3, -0.25) is 4.90 Å². The second-order valence-corrected chi connectivity index (χ2v) is 7.67. The van der Waals surface area contributed by atoms with Crippen molar-refractivity contribution in [1.82, 2.24) is 9.88 Å². The van der Waals surface area contributed by atoms with Gasteiger partial charge < -0.3 is 0 Å². The maximum absolute atomic E-state index is 6.40. The van der Waals surface area contributed by atoms with Crippen LogP contribution in [0.1, 0.15) is 25.3 Å². The molecule has 2 aromatic rings. The van der Waals surface area contributed by atoms with E-state index in [1.807, 2.05) is 6.07 Å². The zero-order valence-corrected chi connectivity index (χ0v) is 13.0. The molecule has 0 N–H and O–H groups in total. The van der Waals surface area contributed by atoms with Gasteiger partial charge in [-0.1, -0.05) is 26.0 Å². The average Bonchev–Trinajstić information content (AvgIpc) is 2.75. The molecule has 1 aliphatic heterocycles. The summed E-state index contributed by atoms with van der Waals surface area (Å²) in [4.78, 5) is 7.20. The first-order valence-corrected chi connectivity index (χ1v) is 8.01. The van der Waals surface area contributed by atoms with Crippen LogP contribution in [0, 0.1) is 5.41 Å². The molecule has 0 bridgehead atoms. The third kappa shape index (κ3) is 2.78. The number of benzene rings is 1. The molecule has 1 aliphatic rings. The molecule has 19 heavy (non-hydrogen) atoms. The number of alkyl halides is 1. The molecule has 1 atom stereocenters. The van der Waals surface area contributed by atoms with Gasteiger partial charge in [-0.25, -0.2) is 4.98 Å². The second-order valence-electron chi connectivity index (χ2n) is 6.03. The summed E-state index contributed by atoms with van der Waals surface area (Å²) in [6.45, 7) is 7.60. The Bertz CT molecular complexity index is 545. The molecule has 1 aromatic carbocycles. The molecular weight excluding hydrogens is 276 g/mol. The van der Waals surface area contributed by atoms with Crippen LogP contribution in [0.25, 0.3) is 10.2 Å². The Labute approximate surface area is 123 Å². The smallest absolute Gasteiger partial charge is 0.108 e. The van der Waals surface area contributed by atoms with Gasteiger partial charge >= 0.3 is 0 Å². The van der Waals surface area contributed by atoms with Gasteiger partial charge in [0.1, 0.15) is 5.01 Å². The van der Waals surface area contributed by atoms with E-state index in [2.05, 4.69) is 36.9 Å². The third-order valence-electron chi connectivity index (χ3n) is 3.87. The molecule has 1 fully saturated rings. The van der Waals surface area contributed by atoms with Crippen molar-refractivity contribution in [2.24, 2.45) is 5.41 Å². The van der Waals surface area contributed by atoms with Crippen LogP contribution in [0.3, 0.4) is 0 Å². The fourth-order valence-corrected chi connectivity index (χ4v) is 3.93. The highest BCUT2D eigenvalue weighted by Crippen LogP contribution is 2.34. The van der Waals surface area contributed by atoms with Gasteiger partial charge in [-0.05, 0) is 24.0 Å². The molecule has 0 spiro atoms. The van der Waals surface area contributed by atoms with Gasteiger partial charge in [0.05, 0.1) is 16.8 Å². The van der Waals surface area contributed by atoms with Gasteiger partial charge in [-0.15, -0.1) is 22.9 Å². The van der Waals surface area contributed by atoms with Gasteiger partial charge in [0.15, 0.2) is 0 Å². The van der Waals surface area contributed by atoms with Gasteiger partial charge in [0.2, 0.25) is 0 Å². The van der Waals surface area contributed by atoms with E-state index < -0.39 is 0 Å². The first-order chi connectivity index (χ1) is 9.04. The summed E-state index contributed by atoms with van der Waals surface area (Å²) in [5, 5.41) is 1.50. The molecule has 3 rings (SSSR count). The van der Waals surface area contributed by atoms with Crippen LogP contribution in [0.2, 0.25) is 0 Å². The maximum Gasteiger partial charge on any atom is 0.108 e. The van der Waals surface area contributed by atoms with E-state index >= 15 is 0 Å². The average molecular weight is 295 g/mol. The molecule has 0 radical (unpaired) electrons. The molecule has 2 heterocycles. The number of para-hydroxylation sites is 1. The highest BCUT2D eigenvalue weighted by Gasteiger charge is 2.34. The highest BCUT2D eigenvalue weighted by atomic mass is 35.5. The van der Waals surface area contributed by atoms with Gasteiger partial charge in [0, 0.05) is 18.5 Å². The van der Waals surface area contributed by atoms with Crippen LogP contribution in [0.15, 0.2) is 24.3 Å². The number of halogens is 1. The quantitative estimate of drug-likeness (QED) is 0.774. The molecule has 1 unspecified atom stereocenters. The fourth-order valence-electron chi connectivity index (χ4n) is 2.75. The summed E-state index contributed by atoms with van der Waals surface area (Å²) in [6.07, 6.45) is 1.07. The van der Waals surface area contributed by atoms with Crippen molar-refractivity contribution >= 4 is 33.2 Å². The van der Waals surface area contributed by atoms with E-state index in [1.54, 1.807) is 11.3 Å². The van der Waals surface area contributed by atoms with E-state index in [0.29, 0.717) is 5.38 Å². The summed E-state index contributed by atoms with van der Waals surface area (Å²) >= 11 is 8.21. The largest absolute Gasteiger partial charge is 0.296 e. The summed E-state index contributed by atoms with van der Waals surface area (Å²) in [5.74, 6) is 0. The Morgan fingerprint density at radius 1 is 1.42 bits per heavy atom. The molecule has 102 valence electrons. The van der Waals surface area contributed by atoms with Crippen molar-refractivity contribution in [2.45, 2.75) is 32.2 Å². The monoisotopic (exact) mass is 294 g/mol. The lowest BCUT2D eigenvalue weighted by atomic mass is 9.83. The Morgan fingerprint density at radius 2 is 2.21 bits per heavy atom. The van der Waals surface area contributed by atoms with Crippen molar-refractivity contribution in [1.29, 1.82) is 0 Å². The SMILES string of the molecule is CC1(C)CN(Cc2nc3ccccc3s2)CCC1Cl. The Morgan fingerprint density at radius 3 is 2.95 bits per heavy atom. The number of aromatic nitrogens is 1. The number of nitrogens with zero attached hydrogens (tertiary/aromatic N) is 2. The Balaban J connectivity index is 1.74. The summed E-state index contributed by atoms with van der Waals surface area (Å²) in [6, 6.07) is 8.36. The van der Waals surface area contributed by atoms with E-state index in [9.17, 15) is 0 Å². The highest BCUT2D eigenvalue weighted by molar-refractivity contribution is 7.18. The molecule has 1 aromatic heterocycles. The molecule has 0 saturated carbocycles. The van der Waals surface area contributed by atoms with Crippen molar-refractivity contribution in [3.63, 3.8) is 0 Å². The van der Waals surface area contributed by atoms with Crippen LogP contribution in [0.5, 0.6) is 0 Å². The van der Waals surface area contributed by atoms with Crippen LogP contribution in [0.4, 0.5) is 0 Å². The summed E-state index contributed by atoms with van der Waals surface area (Å²) in [7, 11) is 0. The normalized spacial score (nSPS) is 23.8. The van der Waals surface area contributed by atoms with E-state index in [4.69, 9.17) is 16.6 Å². The zero-order valence-electron chi connectivity index (χ0n) is 11.4. The predicted octanol–water partition coefficient (Wildman–Crippen LogP) is 4.14. The zero-order chi connectivity index (χ0) is 13.5. The van der Waals surface area contributed by atoms with Gasteiger partial charge in [0.25, 0.3) is 0 Å². The second kappa shape index (κ2) is 5.04. The number of hydrogen-bond donors (Lipinski definition) is 0. The van der Waals surface area contributed by atoms with Crippen molar-refractivity contribution < 1.29 is 0 Å². The van der Waals surface area contributed by atoms with Crippen LogP contribution in [-0.2, 0) is 6.54 Å². The van der Waals surface area contributed by atoms with Crippen LogP contribution < -0.4 is 0 Å². The van der Waals surface area contributed by atoms with Crippen molar-refractivity contribution in [2.75, 3.05) is 13.1 Å². The maximum atomic E-state index is 6.40. The molecular formula is C15H19ClN2S. The topological polar surface area (TPSA) is 16.1 Å². The number of piperidine rings is 1. The molecule has 4 heteroatoms. The van der Waals surface area contributed by atoms with E-state index in [0.717, 1.165) is 31.6 Å². The summed E-state index contributed by atoms with van der Waals surface area (Å²) < 4.78 is 1.28. The van der Waals surface area contributed by atoms with Crippen LogP contribution in [-0.4, -0.2) is 28.4 Å². The Hall–Kier alpha value is -0.640. The van der Waals surface area contributed by atoms with E-state index in [1.165, 1.54) is 9.71 Å². The number of hydrogen-bond acceptors (Lipinski definition) is 3. The first-order valence-electron chi connectivity index (χ1n) is 6.75. The molecule has 0 amide bonds. The standard InChI is InChI=1S/C15H19ClN2S/c1-15(2)10-18(8-7-13(15)16)9-14-17-11-5-3-4-6-12(11)19-14/h3-6,13H,7-10H2,1-2H3. The van der Waals surface area contributed by atoms with Crippen molar-refractivity contribution in [3.05, 3.63) is 29.3 Å². The minimum Gasteiger partial charge on any atom is -0.296 e. The summed E-state index contributed by atoms with van der Waals surface area (Å²) in [5.41, 5.74) is 1.31. The third-order valence-corrected chi connectivity index (χ3v) is 5.70. The number of fused-ring (bicyclic) bond motifs is 1. The minimum atomic E-state index is 0.191. The van der Waals surface area contributed by atoms with E-state index in [-0.39, 0.29) is 5.41 Å². The lowest BCUT2D eigenvalue weighted by Crippen LogP contribution is -2.45. The number of likely N-dealkylation sites (tertiary alicyclic amines) is 1. The lowest BCUT2D eigenvalue weighted by molar-refractivity contribution is 0.116. The first kappa shape index (κ1) is 13.3. The number of rotatable bonds is 2.